The first kappa shape index (κ1) is 21.1. The van der Waals surface area contributed by atoms with Gasteiger partial charge >= 0.3 is 0 Å². The number of fused-ring (bicyclic) bond motifs is 5. The van der Waals surface area contributed by atoms with E-state index >= 15 is 0 Å². The molecular formula is C28H38O3. The molecule has 0 aromatic heterocycles. The summed E-state index contributed by atoms with van der Waals surface area (Å²) in [4.78, 5) is 13.7. The molecule has 0 radical (unpaired) electrons. The summed E-state index contributed by atoms with van der Waals surface area (Å²) in [5, 5.41) is 0. The molecule has 0 bridgehead atoms. The number of allylic oxidation sites excluding steroid dienone is 1. The Morgan fingerprint density at radius 3 is 2.52 bits per heavy atom. The molecule has 3 nitrogen and oxygen atoms in total. The maximum absolute atomic E-state index is 13.7. The average molecular weight is 423 g/mol. The van der Waals surface area contributed by atoms with Crippen molar-refractivity contribution in [2.45, 2.75) is 71.6 Å². The fourth-order valence-electron chi connectivity index (χ4n) is 8.24. The Kier molecular flexibility index (Phi) is 5.22. The molecule has 0 aliphatic heterocycles. The number of carbonyl (C=O) groups is 1. The van der Waals surface area contributed by atoms with E-state index in [0.29, 0.717) is 17.1 Å². The number of hydrogen-bond acceptors (Lipinski definition) is 3. The summed E-state index contributed by atoms with van der Waals surface area (Å²) >= 11 is 0. The molecule has 4 aliphatic rings. The molecule has 4 aliphatic carbocycles. The van der Waals surface area contributed by atoms with Crippen LogP contribution >= 0.6 is 0 Å². The first-order valence-electron chi connectivity index (χ1n) is 12.4. The molecule has 0 spiro atoms. The Hall–Kier alpha value is -1.77. The Labute approximate surface area is 187 Å². The number of ether oxygens (including phenoxy) is 2. The molecule has 4 fully saturated rings. The van der Waals surface area contributed by atoms with Crippen molar-refractivity contribution in [2.75, 3.05) is 14.2 Å². The second-order valence-electron chi connectivity index (χ2n) is 11.2. The van der Waals surface area contributed by atoms with Crippen molar-refractivity contribution in [3.05, 3.63) is 29.3 Å². The van der Waals surface area contributed by atoms with Gasteiger partial charge in [-0.25, -0.2) is 0 Å². The van der Waals surface area contributed by atoms with Crippen LogP contribution in [0, 0.1) is 34.5 Å². The smallest absolute Gasteiger partial charge is 0.165 e. The van der Waals surface area contributed by atoms with Crippen LogP contribution in [-0.2, 0) is 4.79 Å². The normalized spacial score (nSPS) is 40.8. The quantitative estimate of drug-likeness (QED) is 0.509. The summed E-state index contributed by atoms with van der Waals surface area (Å²) in [6.45, 7) is 4.88. The van der Waals surface area contributed by atoms with E-state index < -0.39 is 0 Å². The Morgan fingerprint density at radius 2 is 1.74 bits per heavy atom. The molecule has 0 saturated heterocycles. The largest absolute Gasteiger partial charge is 0.493 e. The standard InChI is InChI=1S/C28H38O3/c1-27-13-6-5-7-20(27)9-10-21-22(27)12-14-28(2)23(21)17-19(26(28)29)15-18-8-11-24(30-3)25(16-18)31-4/h8,11,15-16,20-23H,5-7,9-10,12-14,17H2,1-4H3/t20-,21-,22+,23+,27+,28+/m1/s1. The molecule has 0 amide bonds. The van der Waals surface area contributed by atoms with Gasteiger partial charge in [-0.05, 0) is 103 Å². The van der Waals surface area contributed by atoms with Gasteiger partial charge in [0.1, 0.15) is 0 Å². The molecule has 0 heterocycles. The highest BCUT2D eigenvalue weighted by atomic mass is 16.5. The molecule has 168 valence electrons. The van der Waals surface area contributed by atoms with E-state index in [-0.39, 0.29) is 5.41 Å². The number of hydrogen-bond donors (Lipinski definition) is 0. The number of carbonyl (C=O) groups excluding carboxylic acids is 1. The second-order valence-corrected chi connectivity index (χ2v) is 11.2. The van der Waals surface area contributed by atoms with Gasteiger partial charge in [0, 0.05) is 5.41 Å². The lowest BCUT2D eigenvalue weighted by molar-refractivity contribution is -0.137. The summed E-state index contributed by atoms with van der Waals surface area (Å²) in [6, 6.07) is 5.95. The number of methoxy groups -OCH3 is 2. The van der Waals surface area contributed by atoms with Crippen molar-refractivity contribution in [2.24, 2.45) is 34.5 Å². The topological polar surface area (TPSA) is 35.5 Å². The molecule has 0 N–H and O–H groups in total. The first-order valence-corrected chi connectivity index (χ1v) is 12.4. The highest BCUT2D eigenvalue weighted by Crippen LogP contribution is 2.66. The SMILES string of the molecule is COc1ccc(C=C2C[C@H]3[C@@H]4CC[C@H]5CCCC[C@]5(C)[C@H]4CC[C@]3(C)C2=O)cc1OC. The van der Waals surface area contributed by atoms with E-state index in [1.165, 1.54) is 44.9 Å². The van der Waals surface area contributed by atoms with Gasteiger partial charge < -0.3 is 9.47 Å². The lowest BCUT2D eigenvalue weighted by Crippen LogP contribution is -2.52. The summed E-state index contributed by atoms with van der Waals surface area (Å²) in [6.07, 6.45) is 13.8. The van der Waals surface area contributed by atoms with Crippen LogP contribution in [0.5, 0.6) is 11.5 Å². The van der Waals surface area contributed by atoms with E-state index in [9.17, 15) is 4.79 Å². The van der Waals surface area contributed by atoms with Crippen LogP contribution in [0.1, 0.15) is 77.2 Å². The van der Waals surface area contributed by atoms with Gasteiger partial charge in [-0.3, -0.25) is 4.79 Å². The zero-order valence-electron chi connectivity index (χ0n) is 19.7. The third-order valence-electron chi connectivity index (χ3n) is 9.97. The van der Waals surface area contributed by atoms with E-state index in [2.05, 4.69) is 19.9 Å². The Morgan fingerprint density at radius 1 is 0.935 bits per heavy atom. The minimum absolute atomic E-state index is 0.165. The lowest BCUT2D eigenvalue weighted by atomic mass is 9.45. The minimum atomic E-state index is -0.165. The van der Waals surface area contributed by atoms with Crippen LogP contribution in [-0.4, -0.2) is 20.0 Å². The zero-order valence-corrected chi connectivity index (χ0v) is 19.7. The molecule has 0 unspecified atom stereocenters. The summed E-state index contributed by atoms with van der Waals surface area (Å²) in [5.41, 5.74) is 2.40. The van der Waals surface area contributed by atoms with E-state index in [1.54, 1.807) is 14.2 Å². The van der Waals surface area contributed by atoms with Crippen LogP contribution in [0.25, 0.3) is 6.08 Å². The van der Waals surface area contributed by atoms with Crippen LogP contribution < -0.4 is 9.47 Å². The summed E-state index contributed by atoms with van der Waals surface area (Å²) < 4.78 is 10.9. The molecule has 1 aromatic rings. The molecular weight excluding hydrogens is 384 g/mol. The fraction of sp³-hybridized carbons (Fsp3) is 0.679. The van der Waals surface area contributed by atoms with Gasteiger partial charge in [0.05, 0.1) is 14.2 Å². The number of rotatable bonds is 3. The molecule has 4 saturated carbocycles. The van der Waals surface area contributed by atoms with Crippen molar-refractivity contribution < 1.29 is 14.3 Å². The van der Waals surface area contributed by atoms with Crippen LogP contribution in [0.2, 0.25) is 0 Å². The van der Waals surface area contributed by atoms with Crippen LogP contribution in [0.4, 0.5) is 0 Å². The van der Waals surface area contributed by atoms with Crippen molar-refractivity contribution in [3.8, 4) is 11.5 Å². The average Bonchev–Trinajstić information content (AvgIpc) is 3.03. The fourth-order valence-corrected chi connectivity index (χ4v) is 8.24. The summed E-state index contributed by atoms with van der Waals surface area (Å²) in [5.74, 6) is 4.83. The van der Waals surface area contributed by atoms with Crippen molar-refractivity contribution in [1.29, 1.82) is 0 Å². The van der Waals surface area contributed by atoms with E-state index in [1.807, 2.05) is 18.2 Å². The number of ketones is 1. The van der Waals surface area contributed by atoms with Crippen molar-refractivity contribution in [3.63, 3.8) is 0 Å². The van der Waals surface area contributed by atoms with Crippen LogP contribution in [0.3, 0.4) is 0 Å². The Bertz CT molecular complexity index is 902. The monoisotopic (exact) mass is 422 g/mol. The zero-order chi connectivity index (χ0) is 21.8. The van der Waals surface area contributed by atoms with Gasteiger partial charge in [0.2, 0.25) is 0 Å². The maximum atomic E-state index is 13.7. The first-order chi connectivity index (χ1) is 14.9. The van der Waals surface area contributed by atoms with E-state index in [4.69, 9.17) is 9.47 Å². The summed E-state index contributed by atoms with van der Waals surface area (Å²) in [7, 11) is 3.31. The Balaban J connectivity index is 1.44. The van der Waals surface area contributed by atoms with Crippen molar-refractivity contribution >= 4 is 11.9 Å². The highest BCUT2D eigenvalue weighted by molar-refractivity contribution is 6.06. The van der Waals surface area contributed by atoms with Gasteiger partial charge in [0.25, 0.3) is 0 Å². The van der Waals surface area contributed by atoms with Gasteiger partial charge in [-0.2, -0.15) is 0 Å². The number of benzene rings is 1. The minimum Gasteiger partial charge on any atom is -0.493 e. The van der Waals surface area contributed by atoms with Gasteiger partial charge in [-0.15, -0.1) is 0 Å². The third-order valence-corrected chi connectivity index (χ3v) is 9.97. The molecule has 31 heavy (non-hydrogen) atoms. The van der Waals surface area contributed by atoms with Gasteiger partial charge in [-0.1, -0.05) is 32.8 Å². The molecule has 6 atom stereocenters. The molecule has 1 aromatic carbocycles. The molecule has 3 heteroatoms. The van der Waals surface area contributed by atoms with Gasteiger partial charge in [0.15, 0.2) is 17.3 Å². The second kappa shape index (κ2) is 7.67. The number of Topliss-reactive ketones (excluding diaryl/α,β-unsaturated/α-hetero) is 1. The maximum Gasteiger partial charge on any atom is 0.165 e. The highest BCUT2D eigenvalue weighted by Gasteiger charge is 2.60. The lowest BCUT2D eigenvalue weighted by Gasteiger charge is -2.59. The third kappa shape index (κ3) is 3.17. The molecule has 5 rings (SSSR count). The predicted molar refractivity (Wildman–Crippen MR) is 124 cm³/mol. The van der Waals surface area contributed by atoms with E-state index in [0.717, 1.165) is 53.2 Å². The predicted octanol–water partition coefficient (Wildman–Crippen LogP) is 6.70. The van der Waals surface area contributed by atoms with Crippen molar-refractivity contribution in [1.82, 2.24) is 0 Å². The van der Waals surface area contributed by atoms with Crippen LogP contribution in [0.15, 0.2) is 23.8 Å².